The van der Waals surface area contributed by atoms with Crippen LogP contribution in [0.15, 0.2) is 28.3 Å². The Morgan fingerprint density at radius 1 is 1.56 bits per heavy atom. The Kier molecular flexibility index (Phi) is 3.13. The molecule has 0 radical (unpaired) electrons. The molecule has 80 valence electrons. The van der Waals surface area contributed by atoms with Crippen LogP contribution in [0.25, 0.3) is 0 Å². The Morgan fingerprint density at radius 2 is 2.44 bits per heavy atom. The van der Waals surface area contributed by atoms with Crippen molar-refractivity contribution >= 4 is 23.8 Å². The van der Waals surface area contributed by atoms with E-state index in [0.29, 0.717) is 24.2 Å². The minimum absolute atomic E-state index is 0.442. The number of pyridine rings is 1. The van der Waals surface area contributed by atoms with Gasteiger partial charge in [0.1, 0.15) is 5.15 Å². The van der Waals surface area contributed by atoms with Crippen molar-refractivity contribution in [2.24, 2.45) is 9.98 Å². The second kappa shape index (κ2) is 4.73. The molecule has 1 aliphatic heterocycles. The van der Waals surface area contributed by atoms with Crippen LogP contribution in [-0.4, -0.2) is 28.6 Å². The Labute approximate surface area is 97.7 Å². The minimum Gasteiger partial charge on any atom is -0.331 e. The molecule has 0 saturated heterocycles. The summed E-state index contributed by atoms with van der Waals surface area (Å²) in [5.74, 6) is 0.442. The molecular weight excluding hydrogens is 226 g/mol. The normalized spacial score (nSPS) is 16.8. The van der Waals surface area contributed by atoms with Gasteiger partial charge in [0.15, 0.2) is 0 Å². The molecule has 0 aromatic carbocycles. The number of hydrogen-bond acceptors (Lipinski definition) is 3. The van der Waals surface area contributed by atoms with Crippen LogP contribution in [0.5, 0.6) is 0 Å². The average Bonchev–Trinajstić information content (AvgIpc) is 2.70. The van der Waals surface area contributed by atoms with Crippen molar-refractivity contribution in [2.45, 2.75) is 6.54 Å². The zero-order valence-electron chi connectivity index (χ0n) is 8.34. The number of rotatable bonds is 2. The van der Waals surface area contributed by atoms with E-state index in [0.717, 1.165) is 5.56 Å². The lowest BCUT2D eigenvalue weighted by Gasteiger charge is -2.15. The zero-order chi connectivity index (χ0) is 11.4. The Morgan fingerprint density at radius 3 is 3.12 bits per heavy atom. The van der Waals surface area contributed by atoms with Crippen LogP contribution >= 0.6 is 11.6 Å². The van der Waals surface area contributed by atoms with Crippen molar-refractivity contribution in [3.8, 4) is 6.19 Å². The predicted molar refractivity (Wildman–Crippen MR) is 61.2 cm³/mol. The maximum Gasteiger partial charge on any atom is 0.236 e. The Hall–Kier alpha value is -1.93. The first-order valence-corrected chi connectivity index (χ1v) is 5.02. The predicted octanol–water partition coefficient (Wildman–Crippen LogP) is 1.46. The summed E-state index contributed by atoms with van der Waals surface area (Å²) in [6.45, 7) is 1.27. The molecular formula is C10H8ClN5. The molecule has 0 N–H and O–H groups in total. The first-order valence-electron chi connectivity index (χ1n) is 4.64. The first-order chi connectivity index (χ1) is 7.79. The molecule has 0 unspecified atom stereocenters. The number of guanidine groups is 1. The summed E-state index contributed by atoms with van der Waals surface area (Å²) < 4.78 is 0. The maximum atomic E-state index is 8.48. The van der Waals surface area contributed by atoms with E-state index < -0.39 is 0 Å². The third-order valence-corrected chi connectivity index (χ3v) is 2.33. The van der Waals surface area contributed by atoms with E-state index in [1.807, 2.05) is 11.0 Å². The molecule has 0 fully saturated rings. The van der Waals surface area contributed by atoms with E-state index in [1.165, 1.54) is 0 Å². The van der Waals surface area contributed by atoms with E-state index in [4.69, 9.17) is 16.9 Å². The minimum atomic E-state index is 0.442. The topological polar surface area (TPSA) is 64.6 Å². The van der Waals surface area contributed by atoms with E-state index in [2.05, 4.69) is 15.0 Å². The van der Waals surface area contributed by atoms with Gasteiger partial charge in [-0.2, -0.15) is 5.26 Å². The van der Waals surface area contributed by atoms with Gasteiger partial charge in [-0.15, -0.1) is 4.99 Å². The van der Waals surface area contributed by atoms with Gasteiger partial charge in [0.2, 0.25) is 12.2 Å². The van der Waals surface area contributed by atoms with Gasteiger partial charge in [-0.1, -0.05) is 17.7 Å². The van der Waals surface area contributed by atoms with E-state index in [1.54, 1.807) is 24.7 Å². The van der Waals surface area contributed by atoms with Crippen molar-refractivity contribution in [2.75, 3.05) is 6.54 Å². The Bertz CT molecular complexity index is 471. The molecule has 0 amide bonds. The summed E-state index contributed by atoms with van der Waals surface area (Å²) in [6.07, 6.45) is 5.15. The van der Waals surface area contributed by atoms with Crippen LogP contribution in [0.4, 0.5) is 0 Å². The Balaban J connectivity index is 2.09. The molecule has 6 heteroatoms. The number of hydrogen-bond donors (Lipinski definition) is 0. The van der Waals surface area contributed by atoms with Crippen LogP contribution < -0.4 is 0 Å². The highest BCUT2D eigenvalue weighted by Gasteiger charge is 2.14. The van der Waals surface area contributed by atoms with Crippen LogP contribution in [0.1, 0.15) is 5.56 Å². The SMILES string of the molecule is N#CN=C1N=CCN1Cc1ccc(Cl)nc1. The van der Waals surface area contributed by atoms with Gasteiger partial charge in [-0.05, 0) is 11.6 Å². The summed E-state index contributed by atoms with van der Waals surface area (Å²) in [5.41, 5.74) is 1.00. The number of aromatic nitrogens is 1. The summed E-state index contributed by atoms with van der Waals surface area (Å²) in [6, 6.07) is 3.62. The molecule has 5 nitrogen and oxygen atoms in total. The number of aliphatic imine (C=N–C) groups is 2. The van der Waals surface area contributed by atoms with Gasteiger partial charge in [-0.3, -0.25) is 0 Å². The molecule has 0 spiro atoms. The molecule has 0 saturated carbocycles. The van der Waals surface area contributed by atoms with Crippen molar-refractivity contribution in [1.82, 2.24) is 9.88 Å². The molecule has 0 atom stereocenters. The fraction of sp³-hybridized carbons (Fsp3) is 0.200. The number of nitrogens with zero attached hydrogens (tertiary/aromatic N) is 5. The zero-order valence-corrected chi connectivity index (χ0v) is 9.09. The highest BCUT2D eigenvalue weighted by atomic mass is 35.5. The van der Waals surface area contributed by atoms with Crippen LogP contribution in [0.3, 0.4) is 0 Å². The lowest BCUT2D eigenvalue weighted by molar-refractivity contribution is 0.479. The quantitative estimate of drug-likeness (QED) is 0.574. The molecule has 0 aliphatic carbocycles. The van der Waals surface area contributed by atoms with Gasteiger partial charge in [0.05, 0.1) is 6.54 Å². The highest BCUT2D eigenvalue weighted by molar-refractivity contribution is 6.29. The van der Waals surface area contributed by atoms with Gasteiger partial charge in [-0.25, -0.2) is 9.98 Å². The molecule has 16 heavy (non-hydrogen) atoms. The van der Waals surface area contributed by atoms with Gasteiger partial charge in [0.25, 0.3) is 0 Å². The first kappa shape index (κ1) is 10.6. The lowest BCUT2D eigenvalue weighted by Crippen LogP contribution is -2.25. The molecule has 2 rings (SSSR count). The molecule has 1 aliphatic rings. The number of nitriles is 1. The van der Waals surface area contributed by atoms with Gasteiger partial charge in [0, 0.05) is 19.0 Å². The van der Waals surface area contributed by atoms with Crippen LogP contribution in [0.2, 0.25) is 5.15 Å². The van der Waals surface area contributed by atoms with E-state index in [9.17, 15) is 0 Å². The van der Waals surface area contributed by atoms with Gasteiger partial charge >= 0.3 is 0 Å². The fourth-order valence-corrected chi connectivity index (χ4v) is 1.50. The highest BCUT2D eigenvalue weighted by Crippen LogP contribution is 2.10. The molecule has 1 aromatic heterocycles. The average molecular weight is 234 g/mol. The third-order valence-electron chi connectivity index (χ3n) is 2.10. The summed E-state index contributed by atoms with van der Waals surface area (Å²) in [5, 5.41) is 8.94. The maximum absolute atomic E-state index is 8.48. The van der Waals surface area contributed by atoms with E-state index >= 15 is 0 Å². The van der Waals surface area contributed by atoms with Gasteiger partial charge < -0.3 is 4.90 Å². The second-order valence-electron chi connectivity index (χ2n) is 3.19. The van der Waals surface area contributed by atoms with Crippen molar-refractivity contribution in [1.29, 1.82) is 5.26 Å². The van der Waals surface area contributed by atoms with Crippen molar-refractivity contribution < 1.29 is 0 Å². The third kappa shape index (κ3) is 2.35. The number of halogens is 1. The second-order valence-corrected chi connectivity index (χ2v) is 3.58. The van der Waals surface area contributed by atoms with Crippen molar-refractivity contribution in [3.63, 3.8) is 0 Å². The lowest BCUT2D eigenvalue weighted by atomic mass is 10.3. The fourth-order valence-electron chi connectivity index (χ4n) is 1.38. The molecule has 1 aromatic rings. The monoisotopic (exact) mass is 233 g/mol. The van der Waals surface area contributed by atoms with Crippen LogP contribution in [-0.2, 0) is 6.54 Å². The summed E-state index contributed by atoms with van der Waals surface area (Å²) in [7, 11) is 0. The summed E-state index contributed by atoms with van der Waals surface area (Å²) >= 11 is 5.69. The van der Waals surface area contributed by atoms with Crippen molar-refractivity contribution in [3.05, 3.63) is 29.0 Å². The smallest absolute Gasteiger partial charge is 0.236 e. The molecule has 2 heterocycles. The van der Waals surface area contributed by atoms with Crippen LogP contribution in [0, 0.1) is 11.5 Å². The standard InChI is InChI=1S/C10H8ClN5/c11-9-2-1-8(5-14-9)6-16-4-3-13-10(16)15-7-12/h1-3,5H,4,6H2. The molecule has 0 bridgehead atoms. The van der Waals surface area contributed by atoms with E-state index in [-0.39, 0.29) is 0 Å². The summed E-state index contributed by atoms with van der Waals surface area (Å²) in [4.78, 5) is 13.5. The largest absolute Gasteiger partial charge is 0.331 e.